The van der Waals surface area contributed by atoms with Crippen molar-refractivity contribution >= 4 is 5.97 Å². The van der Waals surface area contributed by atoms with Crippen LogP contribution in [0.5, 0.6) is 0 Å². The van der Waals surface area contributed by atoms with Gasteiger partial charge in [0, 0.05) is 6.54 Å². The third-order valence-corrected chi connectivity index (χ3v) is 2.91. The standard InChI is InChI=1S/C13H20N2O2/c1-3-15(4-2)9-10-5-7-11(8-6-10)12(14)13(16)17/h5-8,12H,3-4,9,14H2,1-2H3,(H,16,17). The first-order valence-corrected chi connectivity index (χ1v) is 5.88. The molecule has 0 spiro atoms. The minimum atomic E-state index is -0.999. The minimum Gasteiger partial charge on any atom is -0.480 e. The zero-order valence-corrected chi connectivity index (χ0v) is 10.4. The maximum absolute atomic E-state index is 10.7. The Morgan fingerprint density at radius 2 is 1.82 bits per heavy atom. The molecule has 0 radical (unpaired) electrons. The van der Waals surface area contributed by atoms with Crippen LogP contribution in [0.25, 0.3) is 0 Å². The molecular formula is C13H20N2O2. The van der Waals surface area contributed by atoms with Crippen molar-refractivity contribution in [2.75, 3.05) is 13.1 Å². The molecule has 0 fully saturated rings. The summed E-state index contributed by atoms with van der Waals surface area (Å²) < 4.78 is 0. The van der Waals surface area contributed by atoms with Crippen LogP contribution in [0.1, 0.15) is 31.0 Å². The van der Waals surface area contributed by atoms with E-state index in [2.05, 4.69) is 18.7 Å². The summed E-state index contributed by atoms with van der Waals surface area (Å²) in [6, 6.07) is 6.53. The Balaban J connectivity index is 2.71. The molecule has 94 valence electrons. The smallest absolute Gasteiger partial charge is 0.325 e. The number of hydrogen-bond acceptors (Lipinski definition) is 3. The molecular weight excluding hydrogens is 216 g/mol. The topological polar surface area (TPSA) is 66.6 Å². The molecule has 0 aromatic heterocycles. The predicted octanol–water partition coefficient (Wildman–Crippen LogP) is 1.61. The van der Waals surface area contributed by atoms with Crippen LogP contribution in [0.2, 0.25) is 0 Å². The van der Waals surface area contributed by atoms with Crippen molar-refractivity contribution in [2.24, 2.45) is 5.73 Å². The van der Waals surface area contributed by atoms with Gasteiger partial charge in [-0.1, -0.05) is 38.1 Å². The molecule has 1 aromatic rings. The van der Waals surface area contributed by atoms with Crippen LogP contribution in [0, 0.1) is 0 Å². The molecule has 1 unspecified atom stereocenters. The maximum Gasteiger partial charge on any atom is 0.325 e. The van der Waals surface area contributed by atoms with Crippen molar-refractivity contribution in [1.82, 2.24) is 4.90 Å². The first kappa shape index (κ1) is 13.7. The van der Waals surface area contributed by atoms with E-state index in [-0.39, 0.29) is 0 Å². The molecule has 0 aliphatic rings. The van der Waals surface area contributed by atoms with Crippen LogP contribution in [0.3, 0.4) is 0 Å². The van der Waals surface area contributed by atoms with Crippen molar-refractivity contribution < 1.29 is 9.90 Å². The highest BCUT2D eigenvalue weighted by Crippen LogP contribution is 2.13. The van der Waals surface area contributed by atoms with Crippen molar-refractivity contribution in [3.63, 3.8) is 0 Å². The highest BCUT2D eigenvalue weighted by molar-refractivity contribution is 5.75. The molecule has 0 saturated heterocycles. The molecule has 1 aromatic carbocycles. The molecule has 0 amide bonds. The number of rotatable bonds is 6. The average molecular weight is 236 g/mol. The van der Waals surface area contributed by atoms with E-state index >= 15 is 0 Å². The molecule has 1 rings (SSSR count). The lowest BCUT2D eigenvalue weighted by Crippen LogP contribution is -2.22. The van der Waals surface area contributed by atoms with Crippen molar-refractivity contribution in [2.45, 2.75) is 26.4 Å². The summed E-state index contributed by atoms with van der Waals surface area (Å²) in [6.07, 6.45) is 0. The number of carbonyl (C=O) groups is 1. The number of hydrogen-bond donors (Lipinski definition) is 2. The van der Waals surface area contributed by atoms with E-state index < -0.39 is 12.0 Å². The number of carboxylic acid groups (broad SMARTS) is 1. The molecule has 4 heteroatoms. The third kappa shape index (κ3) is 3.84. The minimum absolute atomic E-state index is 0.640. The van der Waals surface area contributed by atoms with Gasteiger partial charge in [0.1, 0.15) is 6.04 Å². The van der Waals surface area contributed by atoms with Crippen LogP contribution < -0.4 is 5.73 Å². The summed E-state index contributed by atoms with van der Waals surface area (Å²) in [5.41, 5.74) is 7.35. The van der Waals surface area contributed by atoms with E-state index in [1.165, 1.54) is 5.56 Å². The number of nitrogens with zero attached hydrogens (tertiary/aromatic N) is 1. The van der Waals surface area contributed by atoms with E-state index in [0.717, 1.165) is 19.6 Å². The van der Waals surface area contributed by atoms with Gasteiger partial charge in [0.05, 0.1) is 0 Å². The van der Waals surface area contributed by atoms with Crippen LogP contribution in [0.15, 0.2) is 24.3 Å². The van der Waals surface area contributed by atoms with E-state index in [9.17, 15) is 4.79 Å². The molecule has 4 nitrogen and oxygen atoms in total. The van der Waals surface area contributed by atoms with Crippen LogP contribution in [0.4, 0.5) is 0 Å². The lowest BCUT2D eigenvalue weighted by molar-refractivity contribution is -0.138. The molecule has 0 heterocycles. The second-order valence-corrected chi connectivity index (χ2v) is 4.02. The zero-order valence-electron chi connectivity index (χ0n) is 10.4. The van der Waals surface area contributed by atoms with Crippen molar-refractivity contribution in [1.29, 1.82) is 0 Å². The van der Waals surface area contributed by atoms with Gasteiger partial charge in [-0.15, -0.1) is 0 Å². The SMILES string of the molecule is CCN(CC)Cc1ccc(C(N)C(=O)O)cc1. The molecule has 0 aliphatic carbocycles. The summed E-state index contributed by atoms with van der Waals surface area (Å²) in [5, 5.41) is 8.79. The molecule has 3 N–H and O–H groups in total. The third-order valence-electron chi connectivity index (χ3n) is 2.91. The lowest BCUT2D eigenvalue weighted by Gasteiger charge is -2.18. The average Bonchev–Trinajstić information content (AvgIpc) is 2.35. The number of carboxylic acids is 1. The van der Waals surface area contributed by atoms with Gasteiger partial charge in [-0.2, -0.15) is 0 Å². The van der Waals surface area contributed by atoms with Crippen LogP contribution >= 0.6 is 0 Å². The molecule has 17 heavy (non-hydrogen) atoms. The first-order valence-electron chi connectivity index (χ1n) is 5.88. The zero-order chi connectivity index (χ0) is 12.8. The summed E-state index contributed by atoms with van der Waals surface area (Å²) in [6.45, 7) is 7.14. The predicted molar refractivity (Wildman–Crippen MR) is 67.6 cm³/mol. The summed E-state index contributed by atoms with van der Waals surface area (Å²) in [7, 11) is 0. The Bertz CT molecular complexity index is 358. The van der Waals surface area contributed by atoms with Gasteiger partial charge >= 0.3 is 5.97 Å². The van der Waals surface area contributed by atoms with Gasteiger partial charge < -0.3 is 10.8 Å². The maximum atomic E-state index is 10.7. The normalized spacial score (nSPS) is 12.7. The Morgan fingerprint density at radius 1 is 1.29 bits per heavy atom. The summed E-state index contributed by atoms with van der Waals surface area (Å²) in [5.74, 6) is -0.999. The Labute approximate surface area is 102 Å². The Morgan fingerprint density at radius 3 is 2.24 bits per heavy atom. The van der Waals surface area contributed by atoms with E-state index in [0.29, 0.717) is 5.56 Å². The van der Waals surface area contributed by atoms with Gasteiger partial charge in [0.2, 0.25) is 0 Å². The number of aliphatic carboxylic acids is 1. The van der Waals surface area contributed by atoms with Crippen LogP contribution in [-0.2, 0) is 11.3 Å². The number of nitrogens with two attached hydrogens (primary N) is 1. The number of benzene rings is 1. The monoisotopic (exact) mass is 236 g/mol. The molecule has 0 saturated carbocycles. The highest BCUT2D eigenvalue weighted by atomic mass is 16.4. The van der Waals surface area contributed by atoms with E-state index in [4.69, 9.17) is 10.8 Å². The van der Waals surface area contributed by atoms with Gasteiger partial charge in [-0.05, 0) is 24.2 Å². The van der Waals surface area contributed by atoms with E-state index in [1.807, 2.05) is 12.1 Å². The summed E-state index contributed by atoms with van der Waals surface area (Å²) >= 11 is 0. The van der Waals surface area contributed by atoms with Gasteiger partial charge in [-0.25, -0.2) is 0 Å². The van der Waals surface area contributed by atoms with Crippen LogP contribution in [-0.4, -0.2) is 29.1 Å². The van der Waals surface area contributed by atoms with Crippen molar-refractivity contribution in [3.8, 4) is 0 Å². The highest BCUT2D eigenvalue weighted by Gasteiger charge is 2.13. The Kier molecular flexibility index (Phi) is 5.12. The Hall–Kier alpha value is -1.39. The fraction of sp³-hybridized carbons (Fsp3) is 0.462. The largest absolute Gasteiger partial charge is 0.480 e. The van der Waals surface area contributed by atoms with Crippen molar-refractivity contribution in [3.05, 3.63) is 35.4 Å². The van der Waals surface area contributed by atoms with Gasteiger partial charge in [0.25, 0.3) is 0 Å². The van der Waals surface area contributed by atoms with E-state index in [1.54, 1.807) is 12.1 Å². The fourth-order valence-corrected chi connectivity index (χ4v) is 1.68. The molecule has 0 bridgehead atoms. The molecule has 1 atom stereocenters. The quantitative estimate of drug-likeness (QED) is 0.787. The fourth-order valence-electron chi connectivity index (χ4n) is 1.68. The lowest BCUT2D eigenvalue weighted by atomic mass is 10.1. The second kappa shape index (κ2) is 6.37. The summed E-state index contributed by atoms with van der Waals surface area (Å²) in [4.78, 5) is 13.0. The molecule has 0 aliphatic heterocycles. The second-order valence-electron chi connectivity index (χ2n) is 4.02. The van der Waals surface area contributed by atoms with Gasteiger partial charge in [-0.3, -0.25) is 9.69 Å². The first-order chi connectivity index (χ1) is 8.08. The van der Waals surface area contributed by atoms with Gasteiger partial charge in [0.15, 0.2) is 0 Å².